The fourth-order valence-electron chi connectivity index (χ4n) is 4.00. The minimum atomic E-state index is -4.48. The number of nitrogens with zero attached hydrogens (tertiary/aromatic N) is 2. The van der Waals surface area contributed by atoms with Crippen molar-refractivity contribution in [3.63, 3.8) is 0 Å². The maximum atomic E-state index is 14.1. The van der Waals surface area contributed by atoms with Crippen LogP contribution in [0.1, 0.15) is 49.4 Å². The van der Waals surface area contributed by atoms with Gasteiger partial charge in [0.1, 0.15) is 23.5 Å². The maximum Gasteiger partial charge on any atom is 0.439 e. The highest BCUT2D eigenvalue weighted by Gasteiger charge is 2.59. The van der Waals surface area contributed by atoms with E-state index in [1.54, 1.807) is 12.1 Å². The Labute approximate surface area is 191 Å². The summed E-state index contributed by atoms with van der Waals surface area (Å²) in [4.78, 5) is 17.7. The van der Waals surface area contributed by atoms with Crippen molar-refractivity contribution in [2.45, 2.75) is 56.9 Å². The van der Waals surface area contributed by atoms with Crippen LogP contribution in [0.25, 0.3) is 11.4 Å². The lowest BCUT2D eigenvalue weighted by molar-refractivity contribution is -0.206. The van der Waals surface area contributed by atoms with Gasteiger partial charge in [-0.05, 0) is 31.0 Å². The molecule has 0 atom stereocenters. The van der Waals surface area contributed by atoms with E-state index in [1.165, 1.54) is 13.2 Å². The predicted octanol–water partition coefficient (Wildman–Crippen LogP) is 5.16. The summed E-state index contributed by atoms with van der Waals surface area (Å²) in [6.07, 6.45) is -2.95. The SMILES string of the molecule is COCc1nc(C2(C(F)(F)F)CCCCC2)oc1COc1ccc(-c2noc(=O)[nH]2)c(Cl)c1. The number of methoxy groups -OCH3 is 1. The van der Waals surface area contributed by atoms with Gasteiger partial charge in [-0.25, -0.2) is 9.78 Å². The minimum absolute atomic E-state index is 0.0185. The Bertz CT molecular complexity index is 1160. The van der Waals surface area contributed by atoms with E-state index in [9.17, 15) is 18.0 Å². The molecule has 0 bridgehead atoms. The van der Waals surface area contributed by atoms with Crippen LogP contribution in [-0.4, -0.2) is 28.4 Å². The number of H-pyrrole nitrogens is 1. The van der Waals surface area contributed by atoms with Crippen LogP contribution in [0.4, 0.5) is 13.2 Å². The zero-order valence-corrected chi connectivity index (χ0v) is 18.4. The lowest BCUT2D eigenvalue weighted by Gasteiger charge is -2.35. The molecule has 0 aliphatic heterocycles. The molecule has 2 aromatic heterocycles. The second-order valence-corrected chi connectivity index (χ2v) is 8.24. The van der Waals surface area contributed by atoms with Gasteiger partial charge in [0.05, 0.1) is 11.6 Å². The minimum Gasteiger partial charge on any atom is -0.486 e. The van der Waals surface area contributed by atoms with Crippen molar-refractivity contribution in [3.8, 4) is 17.1 Å². The summed E-state index contributed by atoms with van der Waals surface area (Å²) in [6.45, 7) is -0.189. The number of nitrogens with one attached hydrogen (secondary N) is 1. The Kier molecular flexibility index (Phi) is 6.53. The van der Waals surface area contributed by atoms with Gasteiger partial charge < -0.3 is 13.9 Å². The van der Waals surface area contributed by atoms with E-state index in [1.807, 2.05) is 0 Å². The second kappa shape index (κ2) is 9.22. The van der Waals surface area contributed by atoms with Crippen molar-refractivity contribution in [3.05, 3.63) is 51.1 Å². The second-order valence-electron chi connectivity index (χ2n) is 7.84. The molecule has 178 valence electrons. The van der Waals surface area contributed by atoms with Gasteiger partial charge >= 0.3 is 11.9 Å². The van der Waals surface area contributed by atoms with Gasteiger partial charge in [-0.1, -0.05) is 36.0 Å². The van der Waals surface area contributed by atoms with Gasteiger partial charge in [0.2, 0.25) is 5.89 Å². The number of halogens is 4. The van der Waals surface area contributed by atoms with Gasteiger partial charge in [0.25, 0.3) is 0 Å². The first kappa shape index (κ1) is 23.4. The van der Waals surface area contributed by atoms with Crippen LogP contribution < -0.4 is 10.5 Å². The molecule has 8 nitrogen and oxygen atoms in total. The van der Waals surface area contributed by atoms with E-state index in [4.69, 9.17) is 25.5 Å². The van der Waals surface area contributed by atoms with Crippen molar-refractivity contribution in [2.24, 2.45) is 0 Å². The summed E-state index contributed by atoms with van der Waals surface area (Å²) in [5.74, 6) is -0.420. The molecule has 3 aromatic rings. The first-order chi connectivity index (χ1) is 15.7. The largest absolute Gasteiger partial charge is 0.486 e. The first-order valence-electron chi connectivity index (χ1n) is 10.3. The van der Waals surface area contributed by atoms with E-state index < -0.39 is 17.3 Å². The van der Waals surface area contributed by atoms with Crippen LogP contribution >= 0.6 is 11.6 Å². The molecule has 1 aliphatic rings. The predicted molar refractivity (Wildman–Crippen MR) is 110 cm³/mol. The normalized spacial score (nSPS) is 16.2. The molecule has 2 heterocycles. The first-order valence-corrected chi connectivity index (χ1v) is 10.6. The van der Waals surface area contributed by atoms with E-state index in [0.717, 1.165) is 6.42 Å². The number of oxazole rings is 1. The Morgan fingerprint density at radius 2 is 1.97 bits per heavy atom. The summed E-state index contributed by atoms with van der Waals surface area (Å²) in [5.41, 5.74) is -1.43. The third kappa shape index (κ3) is 4.65. The monoisotopic (exact) mass is 487 g/mol. The Morgan fingerprint density at radius 3 is 2.58 bits per heavy atom. The molecule has 0 radical (unpaired) electrons. The summed E-state index contributed by atoms with van der Waals surface area (Å²) in [5, 5.41) is 3.81. The van der Waals surface area contributed by atoms with E-state index in [2.05, 4.69) is 19.6 Å². The van der Waals surface area contributed by atoms with E-state index >= 15 is 0 Å². The molecule has 12 heteroatoms. The highest BCUT2D eigenvalue weighted by Crippen LogP contribution is 2.50. The molecular weight excluding hydrogens is 467 g/mol. The van der Waals surface area contributed by atoms with Crippen LogP contribution in [0.2, 0.25) is 5.02 Å². The standard InChI is InChI=1S/C21H21ClF3N3O5/c1-30-10-15-16(32-18(26-15)20(21(23,24)25)7-3-2-4-8-20)11-31-12-5-6-13(14(22)9-12)17-27-19(29)33-28-17/h5-6,9H,2-4,7-8,10-11H2,1H3,(H,27,28,29). The zero-order chi connectivity index (χ0) is 23.6. The third-order valence-corrected chi connectivity index (χ3v) is 6.04. The number of ether oxygens (including phenoxy) is 2. The van der Waals surface area contributed by atoms with Gasteiger partial charge in [-0.3, -0.25) is 9.51 Å². The van der Waals surface area contributed by atoms with Crippen molar-refractivity contribution in [2.75, 3.05) is 7.11 Å². The summed E-state index contributed by atoms with van der Waals surface area (Å²) >= 11 is 6.25. The fraction of sp³-hybridized carbons (Fsp3) is 0.476. The molecule has 4 rings (SSSR count). The maximum absolute atomic E-state index is 14.1. The van der Waals surface area contributed by atoms with Crippen molar-refractivity contribution < 1.29 is 31.6 Å². The van der Waals surface area contributed by atoms with Gasteiger partial charge in [0, 0.05) is 12.7 Å². The Hall–Kier alpha value is -2.79. The smallest absolute Gasteiger partial charge is 0.439 e. The quantitative estimate of drug-likeness (QED) is 0.491. The average molecular weight is 488 g/mol. The number of aromatic amines is 1. The van der Waals surface area contributed by atoms with Crippen molar-refractivity contribution >= 4 is 11.6 Å². The average Bonchev–Trinajstić information content (AvgIpc) is 3.39. The van der Waals surface area contributed by atoms with Crippen LogP contribution in [-0.2, 0) is 23.4 Å². The van der Waals surface area contributed by atoms with E-state index in [-0.39, 0.29) is 54.2 Å². The molecule has 33 heavy (non-hydrogen) atoms. The van der Waals surface area contributed by atoms with Crippen LogP contribution in [0.15, 0.2) is 31.9 Å². The molecule has 1 aromatic carbocycles. The Morgan fingerprint density at radius 1 is 1.21 bits per heavy atom. The van der Waals surface area contributed by atoms with Crippen molar-refractivity contribution in [1.82, 2.24) is 15.1 Å². The molecule has 1 saturated carbocycles. The van der Waals surface area contributed by atoms with Crippen LogP contribution in [0.3, 0.4) is 0 Å². The molecule has 0 unspecified atom stereocenters. The number of hydrogen-bond acceptors (Lipinski definition) is 7. The molecule has 0 amide bonds. The number of rotatable bonds is 7. The summed E-state index contributed by atoms with van der Waals surface area (Å²) < 4.78 is 63.1. The van der Waals surface area contributed by atoms with Gasteiger partial charge in [-0.15, -0.1) is 0 Å². The van der Waals surface area contributed by atoms with Gasteiger partial charge in [-0.2, -0.15) is 13.2 Å². The number of benzene rings is 1. The molecular formula is C21H21ClF3N3O5. The highest BCUT2D eigenvalue weighted by molar-refractivity contribution is 6.33. The van der Waals surface area contributed by atoms with E-state index in [0.29, 0.717) is 24.2 Å². The van der Waals surface area contributed by atoms with Crippen molar-refractivity contribution in [1.29, 1.82) is 0 Å². The topological polar surface area (TPSA) is 103 Å². The fourth-order valence-corrected chi connectivity index (χ4v) is 4.26. The molecule has 0 spiro atoms. The molecule has 0 saturated heterocycles. The third-order valence-electron chi connectivity index (χ3n) is 5.72. The Balaban J connectivity index is 1.57. The molecule has 1 N–H and O–H groups in total. The molecule has 1 fully saturated rings. The summed E-state index contributed by atoms with van der Waals surface area (Å²) in [6, 6.07) is 4.61. The number of aromatic nitrogens is 3. The lowest BCUT2D eigenvalue weighted by atomic mass is 9.73. The van der Waals surface area contributed by atoms with Crippen LogP contribution in [0, 0.1) is 0 Å². The molecule has 1 aliphatic carbocycles. The highest BCUT2D eigenvalue weighted by atomic mass is 35.5. The number of hydrogen-bond donors (Lipinski definition) is 1. The van der Waals surface area contributed by atoms with Crippen LogP contribution in [0.5, 0.6) is 5.75 Å². The number of alkyl halides is 3. The summed E-state index contributed by atoms with van der Waals surface area (Å²) in [7, 11) is 1.42. The van der Waals surface area contributed by atoms with Gasteiger partial charge in [0.15, 0.2) is 11.6 Å². The lowest BCUT2D eigenvalue weighted by Crippen LogP contribution is -2.44. The zero-order valence-electron chi connectivity index (χ0n) is 17.6.